The van der Waals surface area contributed by atoms with E-state index in [2.05, 4.69) is 0 Å². The van der Waals surface area contributed by atoms with Gasteiger partial charge in [-0.05, 0) is 169 Å². The van der Waals surface area contributed by atoms with Gasteiger partial charge in [0.05, 0.1) is 22.5 Å². The molecule has 246 valence electrons. The fraction of sp³-hybridized carbons (Fsp3) is 0.513. The Labute approximate surface area is 275 Å². The standard InChI is InChI=1S/C39H45N3O5/c40-27-8-24(1-4-30(27)43)35-15-36(25-2-5-31(44)28(41)9-25)17-37(16-35,26-3-6-32(45)29(42)10-26)21-39(19-35,20-36)38-13-22-7-23(14-38)12-34(11-22,18-38)33(46)47/h1-6,8-10,22-23,43-45H,7,11-21,40-42H2,(H,46,47). The maximum atomic E-state index is 13.2. The highest BCUT2D eigenvalue weighted by molar-refractivity contribution is 5.75. The summed E-state index contributed by atoms with van der Waals surface area (Å²) >= 11 is 0. The van der Waals surface area contributed by atoms with Gasteiger partial charge in [0.1, 0.15) is 17.2 Å². The molecule has 47 heavy (non-hydrogen) atoms. The Balaban J connectivity index is 1.33. The van der Waals surface area contributed by atoms with Crippen LogP contribution in [-0.4, -0.2) is 26.4 Å². The molecule has 0 heterocycles. The van der Waals surface area contributed by atoms with Gasteiger partial charge in [-0.1, -0.05) is 18.2 Å². The van der Waals surface area contributed by atoms with Crippen molar-refractivity contribution in [3.05, 3.63) is 71.3 Å². The summed E-state index contributed by atoms with van der Waals surface area (Å²) in [6.07, 6.45) is 10.9. The van der Waals surface area contributed by atoms with Gasteiger partial charge in [-0.3, -0.25) is 4.79 Å². The monoisotopic (exact) mass is 635 g/mol. The summed E-state index contributed by atoms with van der Waals surface area (Å²) in [6, 6.07) is 17.2. The molecule has 0 amide bonds. The van der Waals surface area contributed by atoms with E-state index in [1.165, 1.54) is 0 Å². The molecule has 8 aliphatic rings. The molecular formula is C39H45N3O5. The summed E-state index contributed by atoms with van der Waals surface area (Å²) in [4.78, 5) is 13.2. The zero-order valence-electron chi connectivity index (χ0n) is 26.8. The molecular weight excluding hydrogens is 590 g/mol. The quantitative estimate of drug-likeness (QED) is 0.120. The van der Waals surface area contributed by atoms with Crippen molar-refractivity contribution < 1.29 is 25.2 Å². The van der Waals surface area contributed by atoms with E-state index in [4.69, 9.17) is 17.2 Å². The van der Waals surface area contributed by atoms with Gasteiger partial charge in [0, 0.05) is 0 Å². The lowest BCUT2D eigenvalue weighted by Gasteiger charge is -2.78. The maximum absolute atomic E-state index is 13.2. The molecule has 3 aromatic carbocycles. The van der Waals surface area contributed by atoms with Crippen LogP contribution in [0.2, 0.25) is 0 Å². The van der Waals surface area contributed by atoms with E-state index in [1.54, 1.807) is 18.2 Å². The highest BCUT2D eigenvalue weighted by Crippen LogP contribution is 2.83. The Kier molecular flexibility index (Phi) is 5.50. The molecule has 8 fully saturated rings. The number of phenols is 3. The number of nitrogen functional groups attached to an aromatic ring is 3. The highest BCUT2D eigenvalue weighted by Gasteiger charge is 2.76. The molecule has 0 aromatic heterocycles. The third-order valence-electron chi connectivity index (χ3n) is 14.6. The number of anilines is 3. The van der Waals surface area contributed by atoms with Crippen LogP contribution in [0.4, 0.5) is 17.1 Å². The van der Waals surface area contributed by atoms with Crippen LogP contribution in [0.15, 0.2) is 54.6 Å². The molecule has 8 bridgehead atoms. The number of carboxylic acids is 1. The molecule has 8 nitrogen and oxygen atoms in total. The molecule has 0 spiro atoms. The lowest BCUT2D eigenvalue weighted by atomic mass is 9.26. The number of aliphatic carboxylic acids is 1. The van der Waals surface area contributed by atoms with Crippen molar-refractivity contribution in [1.82, 2.24) is 0 Å². The number of hydrogen-bond donors (Lipinski definition) is 7. The summed E-state index contributed by atoms with van der Waals surface area (Å²) in [5.41, 5.74) is 21.7. The van der Waals surface area contributed by atoms with E-state index < -0.39 is 11.4 Å². The van der Waals surface area contributed by atoms with E-state index in [9.17, 15) is 25.2 Å². The molecule has 2 unspecified atom stereocenters. The van der Waals surface area contributed by atoms with Crippen molar-refractivity contribution >= 4 is 23.0 Å². The predicted octanol–water partition coefficient (Wildman–Crippen LogP) is 6.70. The van der Waals surface area contributed by atoms with Gasteiger partial charge in [-0.2, -0.15) is 0 Å². The first-order valence-electron chi connectivity index (χ1n) is 17.2. The molecule has 8 aliphatic carbocycles. The minimum Gasteiger partial charge on any atom is -0.506 e. The Hall–Kier alpha value is -4.07. The minimum atomic E-state index is -0.671. The number of benzene rings is 3. The van der Waals surface area contributed by atoms with Gasteiger partial charge in [-0.25, -0.2) is 0 Å². The number of phenolic OH excluding ortho intramolecular Hbond substituents is 3. The van der Waals surface area contributed by atoms with Crippen LogP contribution in [0, 0.1) is 28.1 Å². The molecule has 0 saturated heterocycles. The van der Waals surface area contributed by atoms with Gasteiger partial charge in [0.15, 0.2) is 0 Å². The zero-order chi connectivity index (χ0) is 32.8. The Morgan fingerprint density at radius 1 is 0.553 bits per heavy atom. The summed E-state index contributed by atoms with van der Waals surface area (Å²) in [7, 11) is 0. The minimum absolute atomic E-state index is 0.0692. The molecule has 11 rings (SSSR count). The first-order chi connectivity index (χ1) is 22.2. The van der Waals surface area contributed by atoms with Crippen LogP contribution >= 0.6 is 0 Å². The van der Waals surface area contributed by atoms with Crippen molar-refractivity contribution in [1.29, 1.82) is 0 Å². The van der Waals surface area contributed by atoms with Gasteiger partial charge in [-0.15, -0.1) is 0 Å². The van der Waals surface area contributed by atoms with Gasteiger partial charge in [0.25, 0.3) is 0 Å². The topological polar surface area (TPSA) is 176 Å². The first-order valence-corrected chi connectivity index (χ1v) is 17.2. The van der Waals surface area contributed by atoms with Crippen molar-refractivity contribution in [2.75, 3.05) is 17.2 Å². The molecule has 0 aliphatic heterocycles. The summed E-state index contributed by atoms with van der Waals surface area (Å²) in [6.45, 7) is 0. The summed E-state index contributed by atoms with van der Waals surface area (Å²) in [5.74, 6) is 0.422. The van der Waals surface area contributed by atoms with E-state index in [0.29, 0.717) is 28.9 Å². The molecule has 0 radical (unpaired) electrons. The Bertz CT molecular complexity index is 1680. The van der Waals surface area contributed by atoms with E-state index >= 15 is 0 Å². The third kappa shape index (κ3) is 3.73. The van der Waals surface area contributed by atoms with Gasteiger partial charge in [0.2, 0.25) is 0 Å². The van der Waals surface area contributed by atoms with Crippen molar-refractivity contribution in [3.63, 3.8) is 0 Å². The second kappa shape index (κ2) is 8.88. The molecule has 3 aromatic rings. The third-order valence-corrected chi connectivity index (χ3v) is 14.6. The van der Waals surface area contributed by atoms with E-state index in [-0.39, 0.29) is 44.3 Å². The van der Waals surface area contributed by atoms with Crippen molar-refractivity contribution in [3.8, 4) is 17.2 Å². The number of aromatic hydroxyl groups is 3. The number of hydrogen-bond acceptors (Lipinski definition) is 7. The smallest absolute Gasteiger partial charge is 0.309 e. The molecule has 2 atom stereocenters. The van der Waals surface area contributed by atoms with Gasteiger partial charge < -0.3 is 37.6 Å². The van der Waals surface area contributed by atoms with E-state index in [0.717, 1.165) is 93.7 Å². The highest BCUT2D eigenvalue weighted by atomic mass is 16.4. The lowest BCUT2D eigenvalue weighted by Crippen LogP contribution is -2.72. The number of nitrogens with two attached hydrogens (primary N) is 3. The number of carboxylic acid groups (broad SMARTS) is 1. The van der Waals surface area contributed by atoms with Crippen LogP contribution < -0.4 is 17.2 Å². The zero-order valence-corrected chi connectivity index (χ0v) is 26.8. The summed E-state index contributed by atoms with van der Waals surface area (Å²) in [5, 5.41) is 42.4. The van der Waals surface area contributed by atoms with Crippen LogP contribution in [0.25, 0.3) is 0 Å². The van der Waals surface area contributed by atoms with Crippen LogP contribution in [0.3, 0.4) is 0 Å². The first kappa shape index (κ1) is 29.1. The predicted molar refractivity (Wildman–Crippen MR) is 180 cm³/mol. The molecule has 8 heteroatoms. The molecule has 10 N–H and O–H groups in total. The van der Waals surface area contributed by atoms with Gasteiger partial charge >= 0.3 is 5.97 Å². The largest absolute Gasteiger partial charge is 0.506 e. The maximum Gasteiger partial charge on any atom is 0.309 e. The van der Waals surface area contributed by atoms with Crippen molar-refractivity contribution in [2.45, 2.75) is 93.3 Å². The fourth-order valence-electron chi connectivity index (χ4n) is 13.9. The SMILES string of the molecule is Nc1cc(C23CC4(c5ccc(O)c(N)c5)CC(c5ccc(O)c(N)c5)(C2)CC(C25CC6CC(CC(C(=O)O)(C6)C2)C5)(C3)C4)ccc1O. The molecule has 8 saturated carbocycles. The van der Waals surface area contributed by atoms with Crippen molar-refractivity contribution in [2.24, 2.45) is 28.1 Å². The Morgan fingerprint density at radius 2 is 0.936 bits per heavy atom. The number of rotatable bonds is 5. The van der Waals surface area contributed by atoms with Crippen LogP contribution in [-0.2, 0) is 21.0 Å². The van der Waals surface area contributed by atoms with Crippen LogP contribution in [0.5, 0.6) is 17.2 Å². The lowest BCUT2D eigenvalue weighted by molar-refractivity contribution is -0.239. The Morgan fingerprint density at radius 3 is 1.28 bits per heavy atom. The second-order valence-corrected chi connectivity index (χ2v) is 17.3. The fourth-order valence-corrected chi connectivity index (χ4v) is 13.9. The number of carbonyl (C=O) groups is 1. The average Bonchev–Trinajstić information content (AvgIpc) is 3.00. The summed E-state index contributed by atoms with van der Waals surface area (Å²) < 4.78 is 0. The van der Waals surface area contributed by atoms with E-state index in [1.807, 2.05) is 36.4 Å². The average molecular weight is 636 g/mol. The second-order valence-electron chi connectivity index (χ2n) is 17.3. The van der Waals surface area contributed by atoms with Crippen LogP contribution in [0.1, 0.15) is 93.7 Å². The normalized spacial score (nSPS) is 40.9.